The third kappa shape index (κ3) is 1.13. The molecule has 0 atom stereocenters. The van der Waals surface area contributed by atoms with Crippen LogP contribution in [0.3, 0.4) is 0 Å². The van der Waals surface area contributed by atoms with Crippen molar-refractivity contribution in [2.24, 2.45) is 5.73 Å². The highest BCUT2D eigenvalue weighted by atomic mass is 16.1. The summed E-state index contributed by atoms with van der Waals surface area (Å²) in [5, 5.41) is 0. The van der Waals surface area contributed by atoms with Crippen LogP contribution < -0.4 is 5.73 Å². The van der Waals surface area contributed by atoms with E-state index < -0.39 is 0 Å². The largest absolute Gasteiger partial charge is 0.369 e. The molecule has 1 amide bonds. The Hall–Kier alpha value is -0.570. The summed E-state index contributed by atoms with van der Waals surface area (Å²) in [6.45, 7) is 1.54. The summed E-state index contributed by atoms with van der Waals surface area (Å²) < 4.78 is 0. The van der Waals surface area contributed by atoms with Crippen LogP contribution in [0.1, 0.15) is 25.7 Å². The van der Waals surface area contributed by atoms with Crippen LogP contribution >= 0.6 is 0 Å². The van der Waals surface area contributed by atoms with Gasteiger partial charge in [0.25, 0.3) is 0 Å². The van der Waals surface area contributed by atoms with E-state index in [9.17, 15) is 4.79 Å². The van der Waals surface area contributed by atoms with Crippen LogP contribution in [-0.4, -0.2) is 29.4 Å². The molecule has 2 rings (SSSR count). The van der Waals surface area contributed by atoms with Crippen molar-refractivity contribution in [1.82, 2.24) is 4.90 Å². The van der Waals surface area contributed by atoms with Crippen molar-refractivity contribution < 1.29 is 4.79 Å². The minimum absolute atomic E-state index is 0.182. The lowest BCUT2D eigenvalue weighted by molar-refractivity contribution is -0.119. The molecule has 1 aliphatic heterocycles. The second-order valence-corrected chi connectivity index (χ2v) is 3.72. The minimum atomic E-state index is -0.182. The molecule has 0 aromatic heterocycles. The maximum absolute atomic E-state index is 10.7. The van der Waals surface area contributed by atoms with E-state index in [0.717, 1.165) is 6.54 Å². The predicted octanol–water partition coefficient (Wildman–Crippen LogP) is 0.100. The molecule has 62 valence electrons. The Bertz CT molecular complexity index is 187. The van der Waals surface area contributed by atoms with Crippen molar-refractivity contribution in [3.05, 3.63) is 0 Å². The fraction of sp³-hybridized carbons (Fsp3) is 0.875. The van der Waals surface area contributed by atoms with E-state index in [0.29, 0.717) is 12.1 Å². The van der Waals surface area contributed by atoms with Crippen LogP contribution in [0.15, 0.2) is 0 Å². The fourth-order valence-corrected chi connectivity index (χ4v) is 2.14. The lowest BCUT2D eigenvalue weighted by atomic mass is 10.2. The van der Waals surface area contributed by atoms with E-state index in [1.165, 1.54) is 25.7 Å². The second-order valence-electron chi connectivity index (χ2n) is 3.72. The average Bonchev–Trinajstić information content (AvgIpc) is 2.56. The highest BCUT2D eigenvalue weighted by Crippen LogP contribution is 2.49. The first-order chi connectivity index (χ1) is 5.23. The fourth-order valence-electron chi connectivity index (χ4n) is 2.14. The van der Waals surface area contributed by atoms with Gasteiger partial charge in [0.05, 0.1) is 6.54 Å². The molecule has 11 heavy (non-hydrogen) atoms. The molecule has 0 aromatic carbocycles. The first kappa shape index (κ1) is 7.10. The average molecular weight is 154 g/mol. The molecule has 2 aliphatic rings. The summed E-state index contributed by atoms with van der Waals surface area (Å²) in [4.78, 5) is 12.9. The van der Waals surface area contributed by atoms with Gasteiger partial charge in [0.2, 0.25) is 5.91 Å². The normalized spacial score (nSPS) is 27.6. The number of nitrogens with zero attached hydrogens (tertiary/aromatic N) is 1. The highest BCUT2D eigenvalue weighted by molar-refractivity contribution is 5.76. The monoisotopic (exact) mass is 154 g/mol. The lowest BCUT2D eigenvalue weighted by Crippen LogP contribution is -2.38. The summed E-state index contributed by atoms with van der Waals surface area (Å²) in [6.07, 6.45) is 5.08. The van der Waals surface area contributed by atoms with Crippen LogP contribution in [0.4, 0.5) is 0 Å². The molecule has 0 bridgehead atoms. The first-order valence-electron chi connectivity index (χ1n) is 4.26. The minimum Gasteiger partial charge on any atom is -0.369 e. The Morgan fingerprint density at radius 1 is 1.45 bits per heavy atom. The first-order valence-corrected chi connectivity index (χ1v) is 4.26. The zero-order valence-electron chi connectivity index (χ0n) is 6.68. The van der Waals surface area contributed by atoms with Crippen LogP contribution in [0, 0.1) is 0 Å². The number of hydrogen-bond donors (Lipinski definition) is 1. The Balaban J connectivity index is 1.97. The number of amides is 1. The summed E-state index contributed by atoms with van der Waals surface area (Å²) in [5.41, 5.74) is 5.57. The Morgan fingerprint density at radius 3 is 2.73 bits per heavy atom. The van der Waals surface area contributed by atoms with Gasteiger partial charge in [-0.25, -0.2) is 0 Å². The molecule has 2 fully saturated rings. The van der Waals surface area contributed by atoms with Crippen molar-refractivity contribution in [1.29, 1.82) is 0 Å². The summed E-state index contributed by atoms with van der Waals surface area (Å²) in [5.74, 6) is -0.182. The van der Waals surface area contributed by atoms with E-state index >= 15 is 0 Å². The maximum Gasteiger partial charge on any atom is 0.231 e. The molecule has 1 saturated heterocycles. The number of carbonyl (C=O) groups excluding carboxylic acids is 1. The van der Waals surface area contributed by atoms with Crippen LogP contribution in [0.2, 0.25) is 0 Å². The van der Waals surface area contributed by atoms with Crippen molar-refractivity contribution in [3.8, 4) is 0 Å². The van der Waals surface area contributed by atoms with E-state index in [2.05, 4.69) is 4.90 Å². The van der Waals surface area contributed by atoms with E-state index in [1.807, 2.05) is 0 Å². The van der Waals surface area contributed by atoms with Crippen molar-refractivity contribution >= 4 is 5.91 Å². The molecule has 1 spiro atoms. The van der Waals surface area contributed by atoms with E-state index in [4.69, 9.17) is 5.73 Å². The molecular formula is C8H14N2O. The topological polar surface area (TPSA) is 46.3 Å². The van der Waals surface area contributed by atoms with Gasteiger partial charge in [-0.2, -0.15) is 0 Å². The molecule has 1 saturated carbocycles. The number of primary amides is 1. The number of hydrogen-bond acceptors (Lipinski definition) is 2. The zero-order chi connectivity index (χ0) is 7.90. The second kappa shape index (κ2) is 2.21. The third-order valence-corrected chi connectivity index (χ3v) is 2.91. The number of carbonyl (C=O) groups is 1. The molecule has 3 heteroatoms. The Kier molecular flexibility index (Phi) is 1.42. The third-order valence-electron chi connectivity index (χ3n) is 2.91. The van der Waals surface area contributed by atoms with Gasteiger partial charge in [-0.1, -0.05) is 0 Å². The van der Waals surface area contributed by atoms with Crippen LogP contribution in [0.5, 0.6) is 0 Å². The SMILES string of the molecule is NC(=O)CN1CCCC12CC2. The number of likely N-dealkylation sites (tertiary alicyclic amines) is 1. The lowest BCUT2D eigenvalue weighted by Gasteiger charge is -2.21. The predicted molar refractivity (Wildman–Crippen MR) is 42.0 cm³/mol. The van der Waals surface area contributed by atoms with Gasteiger partial charge in [-0.3, -0.25) is 9.69 Å². The molecule has 1 aliphatic carbocycles. The summed E-state index contributed by atoms with van der Waals surface area (Å²) in [6, 6.07) is 0. The van der Waals surface area contributed by atoms with E-state index in [-0.39, 0.29) is 5.91 Å². The number of rotatable bonds is 2. The van der Waals surface area contributed by atoms with Gasteiger partial charge in [0, 0.05) is 5.54 Å². The van der Waals surface area contributed by atoms with Gasteiger partial charge in [-0.15, -0.1) is 0 Å². The summed E-state index contributed by atoms with van der Waals surface area (Å²) in [7, 11) is 0. The molecule has 0 aromatic rings. The van der Waals surface area contributed by atoms with Gasteiger partial charge in [0.15, 0.2) is 0 Å². The van der Waals surface area contributed by atoms with Gasteiger partial charge < -0.3 is 5.73 Å². The number of nitrogens with two attached hydrogens (primary N) is 1. The van der Waals surface area contributed by atoms with E-state index in [1.54, 1.807) is 0 Å². The standard InChI is InChI=1S/C8H14N2O/c9-7(11)6-10-5-1-2-8(10)3-4-8/h1-6H2,(H2,9,11). The maximum atomic E-state index is 10.7. The molecule has 1 heterocycles. The van der Waals surface area contributed by atoms with Crippen molar-refractivity contribution in [2.75, 3.05) is 13.1 Å². The van der Waals surface area contributed by atoms with Crippen LogP contribution in [0.25, 0.3) is 0 Å². The molecule has 0 radical (unpaired) electrons. The Morgan fingerprint density at radius 2 is 2.18 bits per heavy atom. The smallest absolute Gasteiger partial charge is 0.231 e. The van der Waals surface area contributed by atoms with Crippen LogP contribution in [-0.2, 0) is 4.79 Å². The molecular weight excluding hydrogens is 140 g/mol. The zero-order valence-corrected chi connectivity index (χ0v) is 6.68. The van der Waals surface area contributed by atoms with Gasteiger partial charge >= 0.3 is 0 Å². The van der Waals surface area contributed by atoms with Crippen molar-refractivity contribution in [2.45, 2.75) is 31.2 Å². The van der Waals surface area contributed by atoms with Crippen molar-refractivity contribution in [3.63, 3.8) is 0 Å². The van der Waals surface area contributed by atoms with Gasteiger partial charge in [0.1, 0.15) is 0 Å². The van der Waals surface area contributed by atoms with Gasteiger partial charge in [-0.05, 0) is 32.2 Å². The molecule has 3 nitrogen and oxygen atoms in total. The molecule has 2 N–H and O–H groups in total. The summed E-state index contributed by atoms with van der Waals surface area (Å²) >= 11 is 0. The highest BCUT2D eigenvalue weighted by Gasteiger charge is 2.50. The molecule has 0 unspecified atom stereocenters. The Labute approximate surface area is 66.5 Å². The quantitative estimate of drug-likeness (QED) is 0.613.